The van der Waals surface area contributed by atoms with E-state index in [0.29, 0.717) is 37.4 Å². The number of hydrogen-bond donors (Lipinski definition) is 3. The zero-order chi connectivity index (χ0) is 24.7. The van der Waals surface area contributed by atoms with Crippen LogP contribution in [0.1, 0.15) is 22.5 Å². The van der Waals surface area contributed by atoms with Crippen molar-refractivity contribution in [1.82, 2.24) is 19.9 Å². The third kappa shape index (κ3) is 6.31. The second-order valence-corrected chi connectivity index (χ2v) is 7.87. The van der Waals surface area contributed by atoms with Gasteiger partial charge < -0.3 is 21.1 Å². The minimum absolute atomic E-state index is 0.121. The van der Waals surface area contributed by atoms with Crippen molar-refractivity contribution in [2.75, 3.05) is 31.2 Å². The van der Waals surface area contributed by atoms with E-state index in [1.807, 2.05) is 13.0 Å². The summed E-state index contributed by atoms with van der Waals surface area (Å²) in [6, 6.07) is 8.33. The third-order valence-corrected chi connectivity index (χ3v) is 5.41. The minimum Gasteiger partial charge on any atom is -0.494 e. The van der Waals surface area contributed by atoms with E-state index in [9.17, 15) is 14.0 Å². The molecule has 1 amide bonds. The molecular weight excluding hydrogens is 439 g/mol. The van der Waals surface area contributed by atoms with Gasteiger partial charge in [0, 0.05) is 30.7 Å². The number of nitrogens with two attached hydrogens (primary N) is 1. The number of ether oxygens (including phenoxy) is 1. The Hall–Kier alpha value is -3.95. The van der Waals surface area contributed by atoms with Crippen molar-refractivity contribution in [2.24, 2.45) is 0 Å². The van der Waals surface area contributed by atoms with Gasteiger partial charge in [-0.2, -0.15) is 0 Å². The first-order valence-corrected chi connectivity index (χ1v) is 10.9. The standard InChI is InChI=1S/C24H29FN6O3/c1-15-13-29-23(28-10-8-17-4-6-20(34-3)19(25)12-17)24(33)31(15)14-22(32)27-11-9-18-5-7-21(26)30-16(18)2/h4-7,12-13H,8-11,14H2,1-3H3,(H2,26,30)(H,27,32)(H,28,29). The first kappa shape index (κ1) is 24.7. The van der Waals surface area contributed by atoms with Crippen LogP contribution in [0.25, 0.3) is 0 Å². The van der Waals surface area contributed by atoms with E-state index in [1.54, 1.807) is 25.1 Å². The number of amides is 1. The average Bonchev–Trinajstić information content (AvgIpc) is 2.80. The van der Waals surface area contributed by atoms with Crippen LogP contribution in [0.5, 0.6) is 5.75 Å². The molecule has 3 aromatic rings. The van der Waals surface area contributed by atoms with E-state index >= 15 is 0 Å². The molecule has 0 aliphatic heterocycles. The summed E-state index contributed by atoms with van der Waals surface area (Å²) in [6.45, 7) is 4.25. The number of aryl methyl sites for hydroxylation is 2. The Balaban J connectivity index is 1.56. The van der Waals surface area contributed by atoms with Crippen molar-refractivity contribution in [3.05, 3.63) is 75.2 Å². The van der Waals surface area contributed by atoms with Crippen molar-refractivity contribution in [1.29, 1.82) is 0 Å². The number of methoxy groups -OCH3 is 1. The van der Waals surface area contributed by atoms with E-state index in [-0.39, 0.29) is 24.0 Å². The highest BCUT2D eigenvalue weighted by Crippen LogP contribution is 2.18. The molecule has 0 spiro atoms. The van der Waals surface area contributed by atoms with Gasteiger partial charge in [0.05, 0.1) is 7.11 Å². The van der Waals surface area contributed by atoms with Gasteiger partial charge in [-0.15, -0.1) is 0 Å². The summed E-state index contributed by atoms with van der Waals surface area (Å²) in [4.78, 5) is 33.6. The Morgan fingerprint density at radius 1 is 1.18 bits per heavy atom. The molecular formula is C24H29FN6O3. The van der Waals surface area contributed by atoms with Gasteiger partial charge in [-0.1, -0.05) is 12.1 Å². The number of rotatable bonds is 10. The largest absolute Gasteiger partial charge is 0.494 e. The molecule has 0 bridgehead atoms. The van der Waals surface area contributed by atoms with Crippen LogP contribution in [0.2, 0.25) is 0 Å². The Bertz CT molecular complexity index is 1230. The highest BCUT2D eigenvalue weighted by molar-refractivity contribution is 5.75. The number of carbonyl (C=O) groups is 1. The number of benzene rings is 1. The Kier molecular flexibility index (Phi) is 8.18. The zero-order valence-electron chi connectivity index (χ0n) is 19.5. The van der Waals surface area contributed by atoms with Gasteiger partial charge in [-0.25, -0.2) is 14.4 Å². The lowest BCUT2D eigenvalue weighted by atomic mass is 10.1. The lowest BCUT2D eigenvalue weighted by Crippen LogP contribution is -2.35. The van der Waals surface area contributed by atoms with Gasteiger partial charge in [0.15, 0.2) is 17.4 Å². The first-order valence-electron chi connectivity index (χ1n) is 10.9. The van der Waals surface area contributed by atoms with Crippen molar-refractivity contribution < 1.29 is 13.9 Å². The lowest BCUT2D eigenvalue weighted by molar-refractivity contribution is -0.121. The van der Waals surface area contributed by atoms with Crippen molar-refractivity contribution in [3.63, 3.8) is 0 Å². The number of halogens is 1. The molecule has 34 heavy (non-hydrogen) atoms. The Labute approximate surface area is 197 Å². The summed E-state index contributed by atoms with van der Waals surface area (Å²) in [7, 11) is 1.41. The van der Waals surface area contributed by atoms with Gasteiger partial charge in [0.1, 0.15) is 12.4 Å². The highest BCUT2D eigenvalue weighted by atomic mass is 19.1. The molecule has 0 aliphatic rings. The number of carbonyl (C=O) groups excluding carboxylic acids is 1. The number of aromatic nitrogens is 3. The molecule has 4 N–H and O–H groups in total. The summed E-state index contributed by atoms with van der Waals surface area (Å²) >= 11 is 0. The average molecular weight is 469 g/mol. The summed E-state index contributed by atoms with van der Waals surface area (Å²) in [5.74, 6) is 0.0504. The number of anilines is 2. The molecule has 3 rings (SSSR count). The molecule has 180 valence electrons. The fraction of sp³-hybridized carbons (Fsp3) is 0.333. The van der Waals surface area contributed by atoms with Crippen LogP contribution in [0, 0.1) is 19.7 Å². The fourth-order valence-electron chi connectivity index (χ4n) is 3.49. The predicted octanol–water partition coefficient (Wildman–Crippen LogP) is 2.00. The van der Waals surface area contributed by atoms with Gasteiger partial charge in [-0.3, -0.25) is 14.2 Å². The van der Waals surface area contributed by atoms with Gasteiger partial charge in [0.2, 0.25) is 5.91 Å². The summed E-state index contributed by atoms with van der Waals surface area (Å²) in [5, 5.41) is 5.81. The SMILES string of the molecule is COc1ccc(CCNc2ncc(C)n(CC(=O)NCCc3ccc(N)nc3C)c2=O)cc1F. The molecule has 2 aromatic heterocycles. The first-order chi connectivity index (χ1) is 16.3. The summed E-state index contributed by atoms with van der Waals surface area (Å²) in [6.07, 6.45) is 2.62. The van der Waals surface area contributed by atoms with Crippen molar-refractivity contribution in [3.8, 4) is 5.75 Å². The van der Waals surface area contributed by atoms with E-state index in [4.69, 9.17) is 10.5 Å². The molecule has 1 aromatic carbocycles. The third-order valence-electron chi connectivity index (χ3n) is 5.41. The number of hydrogen-bond acceptors (Lipinski definition) is 7. The van der Waals surface area contributed by atoms with E-state index in [1.165, 1.54) is 23.9 Å². The van der Waals surface area contributed by atoms with Crippen LogP contribution in [0.15, 0.2) is 41.3 Å². The maximum Gasteiger partial charge on any atom is 0.293 e. The molecule has 0 atom stereocenters. The maximum atomic E-state index is 13.8. The Morgan fingerprint density at radius 3 is 2.68 bits per heavy atom. The molecule has 0 unspecified atom stereocenters. The maximum absolute atomic E-state index is 13.8. The van der Waals surface area contributed by atoms with Crippen LogP contribution in [-0.4, -0.2) is 40.6 Å². The van der Waals surface area contributed by atoms with Crippen molar-refractivity contribution >= 4 is 17.5 Å². The summed E-state index contributed by atoms with van der Waals surface area (Å²) in [5.41, 5.74) is 8.41. The van der Waals surface area contributed by atoms with Gasteiger partial charge in [-0.05, 0) is 56.0 Å². The van der Waals surface area contributed by atoms with Crippen LogP contribution in [0.3, 0.4) is 0 Å². The van der Waals surface area contributed by atoms with Crippen LogP contribution in [0.4, 0.5) is 16.0 Å². The molecule has 2 heterocycles. The molecule has 0 radical (unpaired) electrons. The predicted molar refractivity (Wildman–Crippen MR) is 128 cm³/mol. The monoisotopic (exact) mass is 468 g/mol. The van der Waals surface area contributed by atoms with Gasteiger partial charge in [0.25, 0.3) is 5.56 Å². The van der Waals surface area contributed by atoms with Gasteiger partial charge >= 0.3 is 0 Å². The second kappa shape index (κ2) is 11.3. The molecule has 0 aliphatic carbocycles. The zero-order valence-corrected chi connectivity index (χ0v) is 19.5. The minimum atomic E-state index is -0.440. The number of nitrogens with zero attached hydrogens (tertiary/aromatic N) is 3. The van der Waals surface area contributed by atoms with Crippen molar-refractivity contribution in [2.45, 2.75) is 33.2 Å². The number of nitrogens with one attached hydrogen (secondary N) is 2. The topological polar surface area (TPSA) is 124 Å². The highest BCUT2D eigenvalue weighted by Gasteiger charge is 2.12. The number of pyridine rings is 1. The van der Waals surface area contributed by atoms with Crippen LogP contribution < -0.4 is 26.7 Å². The van der Waals surface area contributed by atoms with E-state index in [0.717, 1.165) is 16.8 Å². The molecule has 0 saturated heterocycles. The van der Waals surface area contributed by atoms with Crippen LogP contribution >= 0.6 is 0 Å². The summed E-state index contributed by atoms with van der Waals surface area (Å²) < 4.78 is 20.1. The van der Waals surface area contributed by atoms with E-state index in [2.05, 4.69) is 20.6 Å². The van der Waals surface area contributed by atoms with Crippen LogP contribution in [-0.2, 0) is 24.2 Å². The lowest BCUT2D eigenvalue weighted by Gasteiger charge is -2.13. The number of nitrogen functional groups attached to an aromatic ring is 1. The van der Waals surface area contributed by atoms with E-state index < -0.39 is 11.4 Å². The fourth-order valence-corrected chi connectivity index (χ4v) is 3.49. The molecule has 0 saturated carbocycles. The molecule has 9 nitrogen and oxygen atoms in total. The second-order valence-electron chi connectivity index (χ2n) is 7.87. The smallest absolute Gasteiger partial charge is 0.293 e. The quantitative estimate of drug-likeness (QED) is 0.416. The normalized spacial score (nSPS) is 10.7. The Morgan fingerprint density at radius 2 is 1.97 bits per heavy atom. The molecule has 10 heteroatoms. The molecule has 0 fully saturated rings.